The van der Waals surface area contributed by atoms with E-state index in [0.717, 1.165) is 20.5 Å². The lowest BCUT2D eigenvalue weighted by atomic mass is 10.2. The van der Waals surface area contributed by atoms with Gasteiger partial charge in [-0.3, -0.25) is 9.59 Å². The lowest BCUT2D eigenvalue weighted by Gasteiger charge is -2.10. The second-order valence-corrected chi connectivity index (χ2v) is 8.60. The largest absolute Gasteiger partial charge is 0.497 e. The van der Waals surface area contributed by atoms with Crippen molar-refractivity contribution in [1.82, 2.24) is 9.78 Å². The average molecular weight is 528 g/mol. The predicted octanol–water partition coefficient (Wildman–Crippen LogP) is 4.65. The van der Waals surface area contributed by atoms with Crippen LogP contribution in [0.2, 0.25) is 0 Å². The second kappa shape index (κ2) is 9.55. The highest BCUT2D eigenvalue weighted by Crippen LogP contribution is 2.31. The molecule has 8 nitrogen and oxygen atoms in total. The number of amides is 1. The van der Waals surface area contributed by atoms with Gasteiger partial charge in [-0.1, -0.05) is 22.0 Å². The number of thiophene rings is 1. The van der Waals surface area contributed by atoms with E-state index in [1.807, 2.05) is 0 Å². The molecule has 0 unspecified atom stereocenters. The normalized spacial score (nSPS) is 10.8. The van der Waals surface area contributed by atoms with Crippen molar-refractivity contribution in [2.45, 2.75) is 6.92 Å². The smallest absolute Gasteiger partial charge is 0.359 e. The topological polar surface area (TPSA) is 99.5 Å². The summed E-state index contributed by atoms with van der Waals surface area (Å²) in [5.41, 5.74) is 0.353. The number of carbonyl (C=O) groups excluding carboxylic acids is 2. The van der Waals surface area contributed by atoms with Gasteiger partial charge in [0.05, 0.1) is 24.8 Å². The van der Waals surface area contributed by atoms with Crippen molar-refractivity contribution in [3.05, 3.63) is 80.0 Å². The molecule has 168 valence electrons. The molecule has 0 aliphatic rings. The Morgan fingerprint density at radius 1 is 1.18 bits per heavy atom. The molecule has 2 heterocycles. The fraction of sp³-hybridized carbons (Fsp3) is 0.130. The Morgan fingerprint density at radius 2 is 1.94 bits per heavy atom. The number of esters is 1. The molecule has 0 aliphatic carbocycles. The van der Waals surface area contributed by atoms with E-state index in [9.17, 15) is 14.4 Å². The van der Waals surface area contributed by atoms with Gasteiger partial charge in [0.2, 0.25) is 0 Å². The number of nitrogens with one attached hydrogen (secondary N) is 1. The number of benzene rings is 2. The molecule has 0 bridgehead atoms. The number of fused-ring (bicyclic) bond motifs is 1. The van der Waals surface area contributed by atoms with Crippen molar-refractivity contribution in [3.63, 3.8) is 0 Å². The Labute approximate surface area is 200 Å². The summed E-state index contributed by atoms with van der Waals surface area (Å²) in [6, 6.07) is 13.6. The van der Waals surface area contributed by atoms with E-state index in [2.05, 4.69) is 26.3 Å². The Bertz CT molecular complexity index is 1410. The van der Waals surface area contributed by atoms with E-state index in [-0.39, 0.29) is 17.7 Å². The summed E-state index contributed by atoms with van der Waals surface area (Å²) >= 11 is 4.50. The lowest BCUT2D eigenvalue weighted by Crippen LogP contribution is -2.25. The molecule has 0 atom stereocenters. The summed E-state index contributed by atoms with van der Waals surface area (Å²) < 4.78 is 12.3. The molecule has 0 saturated heterocycles. The van der Waals surface area contributed by atoms with Crippen LogP contribution in [-0.2, 0) is 4.74 Å². The van der Waals surface area contributed by atoms with Gasteiger partial charge in [0, 0.05) is 20.8 Å². The standard InChI is InChI=1S/C23H18BrN3O5S/c1-3-32-23(30)19-17-12-33-21(25-20(28)13-5-4-6-16(11-13)31-2)18(17)22(29)27(26-19)15-9-7-14(24)8-10-15/h4-12H,3H2,1-2H3,(H,25,28). The first-order chi connectivity index (χ1) is 15.9. The van der Waals surface area contributed by atoms with Crippen molar-refractivity contribution >= 4 is 54.9 Å². The van der Waals surface area contributed by atoms with Crippen LogP contribution in [-0.4, -0.2) is 35.4 Å². The summed E-state index contributed by atoms with van der Waals surface area (Å²) in [7, 11) is 1.51. The first-order valence-electron chi connectivity index (χ1n) is 9.86. The SMILES string of the molecule is CCOC(=O)c1nn(-c2ccc(Br)cc2)c(=O)c2c(NC(=O)c3cccc(OC)c3)scc12. The minimum absolute atomic E-state index is 0.00695. The Kier molecular flexibility index (Phi) is 6.57. The van der Waals surface area contributed by atoms with Gasteiger partial charge in [0.25, 0.3) is 11.5 Å². The number of hydrogen-bond donors (Lipinski definition) is 1. The van der Waals surface area contributed by atoms with Crippen LogP contribution in [0.15, 0.2) is 63.2 Å². The van der Waals surface area contributed by atoms with Crippen LogP contribution in [0.4, 0.5) is 5.00 Å². The second-order valence-electron chi connectivity index (χ2n) is 6.80. The first-order valence-corrected chi connectivity index (χ1v) is 11.5. The zero-order valence-corrected chi connectivity index (χ0v) is 20.0. The van der Waals surface area contributed by atoms with Gasteiger partial charge in [-0.25, -0.2) is 4.79 Å². The minimum Gasteiger partial charge on any atom is -0.497 e. The maximum atomic E-state index is 13.4. The van der Waals surface area contributed by atoms with Crippen LogP contribution in [0.5, 0.6) is 5.75 Å². The Balaban J connectivity index is 1.86. The van der Waals surface area contributed by atoms with Crippen LogP contribution in [0, 0.1) is 0 Å². The van der Waals surface area contributed by atoms with Gasteiger partial charge < -0.3 is 14.8 Å². The van der Waals surface area contributed by atoms with Gasteiger partial charge in [0.15, 0.2) is 5.69 Å². The number of ether oxygens (including phenoxy) is 2. The molecule has 2 aromatic heterocycles. The minimum atomic E-state index is -0.656. The van der Waals surface area contributed by atoms with Gasteiger partial charge >= 0.3 is 5.97 Å². The van der Waals surface area contributed by atoms with Crippen LogP contribution < -0.4 is 15.6 Å². The quantitative estimate of drug-likeness (QED) is 0.366. The molecule has 0 saturated carbocycles. The first kappa shape index (κ1) is 22.7. The van der Waals surface area contributed by atoms with Crippen molar-refractivity contribution in [2.75, 3.05) is 19.0 Å². The highest BCUT2D eigenvalue weighted by Gasteiger charge is 2.23. The molecule has 0 spiro atoms. The summed E-state index contributed by atoms with van der Waals surface area (Å²) in [6.07, 6.45) is 0. The number of carbonyl (C=O) groups is 2. The number of rotatable bonds is 6. The van der Waals surface area contributed by atoms with Crippen LogP contribution in [0.3, 0.4) is 0 Å². The molecule has 1 amide bonds. The number of aromatic nitrogens is 2. The third kappa shape index (κ3) is 4.53. The predicted molar refractivity (Wildman–Crippen MR) is 130 cm³/mol. The lowest BCUT2D eigenvalue weighted by molar-refractivity contribution is 0.0520. The van der Waals surface area contributed by atoms with Gasteiger partial charge in [-0.2, -0.15) is 9.78 Å². The maximum absolute atomic E-state index is 13.4. The molecular formula is C23H18BrN3O5S. The van der Waals surface area contributed by atoms with Crippen molar-refractivity contribution < 1.29 is 19.1 Å². The molecule has 0 aliphatic heterocycles. The number of anilines is 1. The van der Waals surface area contributed by atoms with Crippen LogP contribution >= 0.6 is 27.3 Å². The van der Waals surface area contributed by atoms with Crippen LogP contribution in [0.1, 0.15) is 27.8 Å². The summed E-state index contributed by atoms with van der Waals surface area (Å²) in [5, 5.41) is 9.48. The number of nitrogens with zero attached hydrogens (tertiary/aromatic N) is 2. The fourth-order valence-corrected chi connectivity index (χ4v) is 4.39. The number of hydrogen-bond acceptors (Lipinski definition) is 7. The van der Waals surface area contributed by atoms with Crippen LogP contribution in [0.25, 0.3) is 16.5 Å². The monoisotopic (exact) mass is 527 g/mol. The van der Waals surface area contributed by atoms with E-state index >= 15 is 0 Å². The van der Waals surface area contributed by atoms with E-state index in [1.165, 1.54) is 7.11 Å². The molecule has 4 rings (SSSR count). The van der Waals surface area contributed by atoms with E-state index in [0.29, 0.717) is 27.4 Å². The molecule has 0 fully saturated rings. The van der Waals surface area contributed by atoms with Gasteiger partial charge in [0.1, 0.15) is 10.8 Å². The van der Waals surface area contributed by atoms with E-state index < -0.39 is 17.4 Å². The van der Waals surface area contributed by atoms with Gasteiger partial charge in [-0.15, -0.1) is 11.3 Å². The zero-order valence-electron chi connectivity index (χ0n) is 17.6. The van der Waals surface area contributed by atoms with E-state index in [4.69, 9.17) is 9.47 Å². The zero-order chi connectivity index (χ0) is 23.5. The highest BCUT2D eigenvalue weighted by atomic mass is 79.9. The Morgan fingerprint density at radius 3 is 2.64 bits per heavy atom. The third-order valence-electron chi connectivity index (χ3n) is 4.75. The van der Waals surface area contributed by atoms with Crippen molar-refractivity contribution in [1.29, 1.82) is 0 Å². The third-order valence-corrected chi connectivity index (χ3v) is 6.18. The molecule has 1 N–H and O–H groups in total. The molecule has 4 aromatic rings. The van der Waals surface area contributed by atoms with Crippen molar-refractivity contribution in [2.24, 2.45) is 0 Å². The molecule has 33 heavy (non-hydrogen) atoms. The fourth-order valence-electron chi connectivity index (χ4n) is 3.19. The van der Waals surface area contributed by atoms with Crippen molar-refractivity contribution in [3.8, 4) is 11.4 Å². The molecule has 10 heteroatoms. The molecular weight excluding hydrogens is 510 g/mol. The summed E-state index contributed by atoms with van der Waals surface area (Å²) in [6.45, 7) is 1.84. The van der Waals surface area contributed by atoms with Gasteiger partial charge in [-0.05, 0) is 49.4 Å². The number of methoxy groups -OCH3 is 1. The summed E-state index contributed by atoms with van der Waals surface area (Å²) in [5.74, 6) is -0.538. The highest BCUT2D eigenvalue weighted by molar-refractivity contribution is 9.10. The van der Waals surface area contributed by atoms with E-state index in [1.54, 1.807) is 60.8 Å². The molecule has 2 aromatic carbocycles. The Hall–Kier alpha value is -3.50. The average Bonchev–Trinajstić information content (AvgIpc) is 3.24. The maximum Gasteiger partial charge on any atom is 0.359 e. The molecule has 0 radical (unpaired) electrons. The number of halogens is 1. The summed E-state index contributed by atoms with van der Waals surface area (Å²) in [4.78, 5) is 38.9.